The summed E-state index contributed by atoms with van der Waals surface area (Å²) in [5, 5.41) is 5.80. The Morgan fingerprint density at radius 3 is 2.68 bits per heavy atom. The Kier molecular flexibility index (Phi) is 4.07. The highest BCUT2D eigenvalue weighted by molar-refractivity contribution is 7.13. The molecule has 1 aliphatic carbocycles. The predicted molar refractivity (Wildman–Crippen MR) is 97.0 cm³/mol. The largest absolute Gasteiger partial charge is 0.325 e. The zero-order chi connectivity index (χ0) is 17.4. The average Bonchev–Trinajstić information content (AvgIpc) is 3.18. The molecule has 0 unspecified atom stereocenters. The Morgan fingerprint density at radius 2 is 1.96 bits per heavy atom. The Bertz CT molecular complexity index is 794. The van der Waals surface area contributed by atoms with Crippen molar-refractivity contribution in [3.63, 3.8) is 0 Å². The molecule has 3 amide bonds. The number of aromatic nitrogens is 1. The molecule has 0 atom stereocenters. The summed E-state index contributed by atoms with van der Waals surface area (Å²) >= 11 is 1.54. The van der Waals surface area contributed by atoms with E-state index < -0.39 is 5.54 Å². The number of imide groups is 1. The van der Waals surface area contributed by atoms with Crippen LogP contribution in [0.3, 0.4) is 0 Å². The molecule has 1 saturated heterocycles. The minimum Gasteiger partial charge on any atom is -0.323 e. The van der Waals surface area contributed by atoms with E-state index in [4.69, 9.17) is 0 Å². The second-order valence-corrected chi connectivity index (χ2v) is 7.95. The molecular formula is C19H21N3O2S. The van der Waals surface area contributed by atoms with Gasteiger partial charge in [0.2, 0.25) is 0 Å². The topological polar surface area (TPSA) is 62.3 Å². The number of carbonyl (C=O) groups excluding carboxylic acids is 2. The lowest BCUT2D eigenvalue weighted by molar-refractivity contribution is -0.133. The molecule has 1 N–H and O–H groups in total. The summed E-state index contributed by atoms with van der Waals surface area (Å²) in [6.07, 6.45) is 3.44. The smallest absolute Gasteiger partial charge is 0.323 e. The Hall–Kier alpha value is -2.21. The van der Waals surface area contributed by atoms with Crippen molar-refractivity contribution >= 4 is 23.3 Å². The molecular weight excluding hydrogens is 334 g/mol. The molecule has 0 bridgehead atoms. The summed E-state index contributed by atoms with van der Waals surface area (Å²) in [5.41, 5.74) is 1.13. The predicted octanol–water partition coefficient (Wildman–Crippen LogP) is 3.81. The molecule has 130 valence electrons. The van der Waals surface area contributed by atoms with Crippen LogP contribution in [0.5, 0.6) is 0 Å². The minimum atomic E-state index is -0.679. The number of carbonyl (C=O) groups is 2. The first-order chi connectivity index (χ1) is 12.1. The Labute approximate surface area is 151 Å². The molecule has 1 aromatic carbocycles. The van der Waals surface area contributed by atoms with Crippen LogP contribution >= 0.6 is 11.3 Å². The summed E-state index contributed by atoms with van der Waals surface area (Å²) in [6, 6.07) is 9.65. The lowest BCUT2D eigenvalue weighted by Crippen LogP contribution is -2.49. The van der Waals surface area contributed by atoms with Gasteiger partial charge in [-0.2, -0.15) is 0 Å². The monoisotopic (exact) mass is 355 g/mol. The van der Waals surface area contributed by atoms with Crippen molar-refractivity contribution in [3.05, 3.63) is 41.4 Å². The lowest BCUT2D eigenvalue weighted by Gasteiger charge is -2.33. The van der Waals surface area contributed by atoms with Crippen molar-refractivity contribution in [1.29, 1.82) is 0 Å². The van der Waals surface area contributed by atoms with E-state index in [0.29, 0.717) is 5.92 Å². The molecule has 2 aliphatic rings. The summed E-state index contributed by atoms with van der Waals surface area (Å²) in [4.78, 5) is 31.2. The number of nitrogens with one attached hydrogen (secondary N) is 1. The molecule has 4 rings (SSSR count). The minimum absolute atomic E-state index is 0.0846. The van der Waals surface area contributed by atoms with Crippen molar-refractivity contribution in [1.82, 2.24) is 15.2 Å². The van der Waals surface area contributed by atoms with Crippen LogP contribution in [0.2, 0.25) is 0 Å². The second kappa shape index (κ2) is 6.26. The molecule has 1 spiro atoms. The maximum Gasteiger partial charge on any atom is 0.325 e. The highest BCUT2D eigenvalue weighted by Crippen LogP contribution is 2.37. The maximum absolute atomic E-state index is 12.9. The number of amides is 3. The van der Waals surface area contributed by atoms with Gasteiger partial charge in [-0.1, -0.05) is 37.3 Å². The number of hydrogen-bond donors (Lipinski definition) is 1. The van der Waals surface area contributed by atoms with Gasteiger partial charge in [-0.3, -0.25) is 9.69 Å². The number of benzene rings is 1. The zero-order valence-electron chi connectivity index (χ0n) is 14.2. The highest BCUT2D eigenvalue weighted by Gasteiger charge is 2.52. The number of rotatable bonds is 3. The van der Waals surface area contributed by atoms with E-state index in [2.05, 4.69) is 17.2 Å². The first-order valence-electron chi connectivity index (χ1n) is 8.71. The molecule has 5 nitrogen and oxygen atoms in total. The van der Waals surface area contributed by atoms with E-state index in [0.717, 1.165) is 41.9 Å². The van der Waals surface area contributed by atoms with E-state index in [-0.39, 0.29) is 18.5 Å². The molecule has 2 fully saturated rings. The lowest BCUT2D eigenvalue weighted by atomic mass is 9.77. The summed E-state index contributed by atoms with van der Waals surface area (Å²) in [6.45, 7) is 2.44. The third kappa shape index (κ3) is 2.95. The maximum atomic E-state index is 12.9. The van der Waals surface area contributed by atoms with E-state index in [1.54, 1.807) is 0 Å². The van der Waals surface area contributed by atoms with Gasteiger partial charge >= 0.3 is 6.03 Å². The van der Waals surface area contributed by atoms with Crippen molar-refractivity contribution in [3.8, 4) is 10.6 Å². The number of nitrogens with zero attached hydrogens (tertiary/aromatic N) is 2. The van der Waals surface area contributed by atoms with Gasteiger partial charge in [-0.15, -0.1) is 11.3 Å². The van der Waals surface area contributed by atoms with Crippen LogP contribution in [0, 0.1) is 5.92 Å². The van der Waals surface area contributed by atoms with Crippen LogP contribution in [0.25, 0.3) is 10.6 Å². The van der Waals surface area contributed by atoms with Crippen molar-refractivity contribution in [2.24, 2.45) is 5.92 Å². The van der Waals surface area contributed by atoms with Crippen LogP contribution in [0.1, 0.15) is 38.3 Å². The SMILES string of the molecule is CC1CCC2(CC1)NC(=O)N(Cc1csc(-c3ccccc3)n1)C2=O. The molecule has 0 radical (unpaired) electrons. The van der Waals surface area contributed by atoms with Crippen molar-refractivity contribution in [2.75, 3.05) is 0 Å². The second-order valence-electron chi connectivity index (χ2n) is 7.10. The number of hydrogen-bond acceptors (Lipinski definition) is 4. The van der Waals surface area contributed by atoms with E-state index in [9.17, 15) is 9.59 Å². The number of thiazole rings is 1. The molecule has 1 aliphatic heterocycles. The molecule has 2 aromatic rings. The van der Waals surface area contributed by atoms with Gasteiger partial charge < -0.3 is 5.32 Å². The standard InChI is InChI=1S/C19H21N3O2S/c1-13-7-9-19(10-8-13)17(23)22(18(24)21-19)11-15-12-25-16(20-15)14-5-3-2-4-6-14/h2-6,12-13H,7-11H2,1H3,(H,21,24). The molecule has 25 heavy (non-hydrogen) atoms. The van der Waals surface area contributed by atoms with Crippen molar-refractivity contribution < 1.29 is 9.59 Å². The third-order valence-corrected chi connectivity index (χ3v) is 6.21. The summed E-state index contributed by atoms with van der Waals surface area (Å²) in [5.74, 6) is 0.537. The quantitative estimate of drug-likeness (QED) is 0.852. The molecule has 1 saturated carbocycles. The fraction of sp³-hybridized carbons (Fsp3) is 0.421. The third-order valence-electron chi connectivity index (χ3n) is 5.27. The van der Waals surface area contributed by atoms with Gasteiger partial charge in [0.1, 0.15) is 10.5 Å². The van der Waals surface area contributed by atoms with Crippen LogP contribution in [0.4, 0.5) is 4.79 Å². The van der Waals surface area contributed by atoms with Gasteiger partial charge in [0.25, 0.3) is 5.91 Å². The Morgan fingerprint density at radius 1 is 1.24 bits per heavy atom. The van der Waals surface area contributed by atoms with Gasteiger partial charge in [-0.25, -0.2) is 9.78 Å². The first kappa shape index (κ1) is 16.3. The van der Waals surface area contributed by atoms with E-state index >= 15 is 0 Å². The molecule has 1 aromatic heterocycles. The summed E-state index contributed by atoms with van der Waals surface area (Å²) in [7, 11) is 0. The normalized spacial score (nSPS) is 26.3. The van der Waals surface area contributed by atoms with Crippen LogP contribution in [-0.4, -0.2) is 27.4 Å². The highest BCUT2D eigenvalue weighted by atomic mass is 32.1. The molecule has 2 heterocycles. The van der Waals surface area contributed by atoms with Crippen LogP contribution in [0.15, 0.2) is 35.7 Å². The van der Waals surface area contributed by atoms with Gasteiger partial charge in [0.05, 0.1) is 12.2 Å². The van der Waals surface area contributed by atoms with Gasteiger partial charge in [0.15, 0.2) is 0 Å². The Balaban J connectivity index is 1.51. The first-order valence-corrected chi connectivity index (χ1v) is 9.59. The number of urea groups is 1. The fourth-order valence-corrected chi connectivity index (χ4v) is 4.49. The fourth-order valence-electron chi connectivity index (χ4n) is 3.67. The van der Waals surface area contributed by atoms with Crippen LogP contribution < -0.4 is 5.32 Å². The zero-order valence-corrected chi connectivity index (χ0v) is 15.0. The average molecular weight is 355 g/mol. The van der Waals surface area contributed by atoms with E-state index in [1.165, 1.54) is 16.2 Å². The molecule has 6 heteroatoms. The van der Waals surface area contributed by atoms with Gasteiger partial charge in [0, 0.05) is 10.9 Å². The summed E-state index contributed by atoms with van der Waals surface area (Å²) < 4.78 is 0. The van der Waals surface area contributed by atoms with Crippen molar-refractivity contribution in [2.45, 2.75) is 44.7 Å². The van der Waals surface area contributed by atoms with Crippen LogP contribution in [-0.2, 0) is 11.3 Å². The van der Waals surface area contributed by atoms with E-state index in [1.807, 2.05) is 35.7 Å². The van der Waals surface area contributed by atoms with Gasteiger partial charge in [-0.05, 0) is 31.6 Å².